The Bertz CT molecular complexity index is 1430. The molecule has 1 N–H and O–H groups in total. The Kier molecular flexibility index (Phi) is 6.21. The van der Waals surface area contributed by atoms with Gasteiger partial charge in [0.25, 0.3) is 5.56 Å². The number of H-pyrrole nitrogens is 1. The van der Waals surface area contributed by atoms with Crippen LogP contribution in [0.4, 0.5) is 10.1 Å². The molecule has 0 aliphatic carbocycles. The third-order valence-electron chi connectivity index (χ3n) is 6.62. The summed E-state index contributed by atoms with van der Waals surface area (Å²) in [6.07, 6.45) is 0. The van der Waals surface area contributed by atoms with E-state index >= 15 is 0 Å². The highest BCUT2D eigenvalue weighted by Crippen LogP contribution is 2.31. The van der Waals surface area contributed by atoms with E-state index in [1.165, 1.54) is 6.07 Å². The van der Waals surface area contributed by atoms with E-state index in [-0.39, 0.29) is 16.9 Å². The van der Waals surface area contributed by atoms with Gasteiger partial charge in [-0.3, -0.25) is 9.69 Å². The number of nitrogens with zero attached hydrogens (tertiary/aromatic N) is 6. The van der Waals surface area contributed by atoms with Crippen LogP contribution in [0.2, 0.25) is 0 Å². The number of halogens is 1. The predicted octanol–water partition coefficient (Wildman–Crippen LogP) is 3.33. The Balaban J connectivity index is 1.57. The van der Waals surface area contributed by atoms with Gasteiger partial charge in [-0.15, -0.1) is 5.10 Å². The van der Waals surface area contributed by atoms with Crippen molar-refractivity contribution in [3.63, 3.8) is 0 Å². The number of tetrazole rings is 1. The van der Waals surface area contributed by atoms with Crippen molar-refractivity contribution in [3.05, 3.63) is 76.1 Å². The maximum atomic E-state index is 14.4. The first-order valence-corrected chi connectivity index (χ1v) is 12.0. The fourth-order valence-corrected chi connectivity index (χ4v) is 4.80. The first-order chi connectivity index (χ1) is 17.3. The molecule has 0 saturated carbocycles. The normalized spacial score (nSPS) is 15.9. The van der Waals surface area contributed by atoms with Crippen molar-refractivity contribution >= 4 is 16.6 Å². The summed E-state index contributed by atoms with van der Waals surface area (Å²) in [7, 11) is 1.61. The number of para-hydroxylation sites is 1. The van der Waals surface area contributed by atoms with Crippen LogP contribution >= 0.6 is 0 Å². The molecule has 188 valence electrons. The van der Waals surface area contributed by atoms with E-state index in [0.29, 0.717) is 49.0 Å². The summed E-state index contributed by atoms with van der Waals surface area (Å²) in [5, 5.41) is 13.5. The van der Waals surface area contributed by atoms with Crippen LogP contribution in [0.15, 0.2) is 53.3 Å². The average molecular weight is 492 g/mol. The van der Waals surface area contributed by atoms with Gasteiger partial charge in [0.1, 0.15) is 17.6 Å². The van der Waals surface area contributed by atoms with Crippen LogP contribution in [0.25, 0.3) is 10.9 Å². The second-order valence-electron chi connectivity index (χ2n) is 10.0. The minimum atomic E-state index is -0.485. The van der Waals surface area contributed by atoms with Gasteiger partial charge in [-0.2, -0.15) is 0 Å². The maximum absolute atomic E-state index is 14.4. The number of piperazine rings is 1. The Labute approximate surface area is 208 Å². The van der Waals surface area contributed by atoms with Gasteiger partial charge in [-0.1, -0.05) is 12.1 Å². The average Bonchev–Trinajstić information content (AvgIpc) is 3.35. The van der Waals surface area contributed by atoms with E-state index in [4.69, 9.17) is 4.74 Å². The van der Waals surface area contributed by atoms with E-state index in [2.05, 4.69) is 25.4 Å². The summed E-state index contributed by atoms with van der Waals surface area (Å²) in [6.45, 7) is 8.49. The zero-order valence-electron chi connectivity index (χ0n) is 20.9. The molecular weight excluding hydrogens is 461 g/mol. The molecule has 0 unspecified atom stereocenters. The number of aromatic amines is 1. The monoisotopic (exact) mass is 491 g/mol. The summed E-state index contributed by atoms with van der Waals surface area (Å²) >= 11 is 0. The molecule has 9 nitrogen and oxygen atoms in total. The summed E-state index contributed by atoms with van der Waals surface area (Å²) in [5.74, 6) is 1.06. The Hall–Kier alpha value is -3.79. The molecule has 3 heterocycles. The predicted molar refractivity (Wildman–Crippen MR) is 136 cm³/mol. The van der Waals surface area contributed by atoms with Crippen molar-refractivity contribution < 1.29 is 9.13 Å². The lowest BCUT2D eigenvalue weighted by Crippen LogP contribution is -2.49. The second kappa shape index (κ2) is 9.34. The van der Waals surface area contributed by atoms with Crippen LogP contribution in [0, 0.1) is 5.82 Å². The Morgan fingerprint density at radius 1 is 1.06 bits per heavy atom. The van der Waals surface area contributed by atoms with Gasteiger partial charge < -0.3 is 14.6 Å². The van der Waals surface area contributed by atoms with Gasteiger partial charge in [0.15, 0.2) is 5.82 Å². The fraction of sp³-hybridized carbons (Fsp3) is 0.385. The first-order valence-electron chi connectivity index (χ1n) is 12.0. The number of ether oxygens (including phenoxy) is 1. The molecule has 4 aromatic rings. The van der Waals surface area contributed by atoms with E-state index in [9.17, 15) is 9.18 Å². The number of hydrogen-bond acceptors (Lipinski definition) is 7. The van der Waals surface area contributed by atoms with Crippen molar-refractivity contribution in [2.24, 2.45) is 0 Å². The number of benzene rings is 2. The zero-order chi connectivity index (χ0) is 25.4. The van der Waals surface area contributed by atoms with Crippen LogP contribution in [0.5, 0.6) is 5.75 Å². The van der Waals surface area contributed by atoms with Gasteiger partial charge in [-0.05, 0) is 67.6 Å². The zero-order valence-corrected chi connectivity index (χ0v) is 20.9. The number of hydrogen-bond donors (Lipinski definition) is 1. The van der Waals surface area contributed by atoms with Crippen molar-refractivity contribution in [1.82, 2.24) is 30.1 Å². The lowest BCUT2D eigenvalue weighted by Gasteiger charge is -2.40. The smallest absolute Gasteiger partial charge is 0.253 e. The summed E-state index contributed by atoms with van der Waals surface area (Å²) in [6, 6.07) is 13.8. The van der Waals surface area contributed by atoms with Crippen LogP contribution in [0.3, 0.4) is 0 Å². The summed E-state index contributed by atoms with van der Waals surface area (Å²) in [4.78, 5) is 20.7. The maximum Gasteiger partial charge on any atom is 0.253 e. The highest BCUT2D eigenvalue weighted by molar-refractivity contribution is 5.80. The lowest BCUT2D eigenvalue weighted by atomic mass is 10.0. The molecule has 5 rings (SSSR count). The molecule has 1 fully saturated rings. The van der Waals surface area contributed by atoms with E-state index < -0.39 is 6.04 Å². The summed E-state index contributed by atoms with van der Waals surface area (Å²) < 4.78 is 21.6. The highest BCUT2D eigenvalue weighted by Gasteiger charge is 2.35. The number of anilines is 1. The van der Waals surface area contributed by atoms with Crippen LogP contribution in [-0.2, 0) is 5.54 Å². The van der Waals surface area contributed by atoms with Crippen molar-refractivity contribution in [2.45, 2.75) is 32.4 Å². The quantitative estimate of drug-likeness (QED) is 0.458. The topological polar surface area (TPSA) is 92.2 Å². The highest BCUT2D eigenvalue weighted by atomic mass is 19.1. The van der Waals surface area contributed by atoms with Gasteiger partial charge in [0.05, 0.1) is 18.3 Å². The van der Waals surface area contributed by atoms with E-state index in [1.54, 1.807) is 23.9 Å². The van der Waals surface area contributed by atoms with E-state index in [1.807, 2.05) is 56.0 Å². The number of methoxy groups -OCH3 is 1. The van der Waals surface area contributed by atoms with Gasteiger partial charge in [0, 0.05) is 42.6 Å². The number of rotatable bonds is 5. The van der Waals surface area contributed by atoms with Crippen LogP contribution < -0.4 is 15.2 Å². The first kappa shape index (κ1) is 23.9. The minimum absolute atomic E-state index is 0.197. The van der Waals surface area contributed by atoms with E-state index in [0.717, 1.165) is 10.9 Å². The standard InChI is InChI=1S/C26H30FN7O2/c1-26(2,3)34-24(29-30-31-34)23(19-16-17-15-18(36-4)9-10-21(17)28-25(19)35)33-13-11-32(12-14-33)22-8-6-5-7-20(22)27/h5-10,15-16,23H,11-14H2,1-4H3,(H,28,35)/t23-/m1/s1. The molecule has 0 spiro atoms. The van der Waals surface area contributed by atoms with Gasteiger partial charge >= 0.3 is 0 Å². The third-order valence-corrected chi connectivity index (χ3v) is 6.62. The van der Waals surface area contributed by atoms with Crippen LogP contribution in [-0.4, -0.2) is 63.4 Å². The fourth-order valence-electron chi connectivity index (χ4n) is 4.80. The SMILES string of the molecule is COc1ccc2[nH]c(=O)c([C@H](c3nnnn3C(C)(C)C)N3CCN(c4ccccc4F)CC3)cc2c1. The van der Waals surface area contributed by atoms with Gasteiger partial charge in [0.2, 0.25) is 0 Å². The molecule has 0 radical (unpaired) electrons. The largest absolute Gasteiger partial charge is 0.497 e. The summed E-state index contributed by atoms with van der Waals surface area (Å²) in [5.41, 5.74) is 1.28. The second-order valence-corrected chi connectivity index (χ2v) is 10.0. The molecule has 2 aromatic carbocycles. The molecule has 0 amide bonds. The van der Waals surface area contributed by atoms with Crippen LogP contribution in [0.1, 0.15) is 38.2 Å². The molecule has 1 atom stereocenters. The number of pyridine rings is 1. The molecule has 2 aromatic heterocycles. The Morgan fingerprint density at radius 2 is 1.81 bits per heavy atom. The molecule has 1 aliphatic heterocycles. The molecular formula is C26H30FN7O2. The van der Waals surface area contributed by atoms with Crippen molar-refractivity contribution in [1.29, 1.82) is 0 Å². The lowest BCUT2D eigenvalue weighted by molar-refractivity contribution is 0.190. The molecule has 0 bridgehead atoms. The number of nitrogens with one attached hydrogen (secondary N) is 1. The molecule has 10 heteroatoms. The Morgan fingerprint density at radius 3 is 2.50 bits per heavy atom. The van der Waals surface area contributed by atoms with Crippen molar-refractivity contribution in [3.8, 4) is 5.75 Å². The molecule has 36 heavy (non-hydrogen) atoms. The van der Waals surface area contributed by atoms with Gasteiger partial charge in [-0.25, -0.2) is 9.07 Å². The van der Waals surface area contributed by atoms with Crippen molar-refractivity contribution in [2.75, 3.05) is 38.2 Å². The third kappa shape index (κ3) is 4.44. The number of fused-ring (bicyclic) bond motifs is 1. The molecule has 1 saturated heterocycles. The minimum Gasteiger partial charge on any atom is -0.497 e. The number of aromatic nitrogens is 5. The molecule has 1 aliphatic rings.